The molecule has 1 fully saturated rings. The van der Waals surface area contributed by atoms with Gasteiger partial charge in [-0.3, -0.25) is 4.79 Å². The molecule has 0 spiro atoms. The Morgan fingerprint density at radius 2 is 1.69 bits per heavy atom. The monoisotopic (exact) mass is 452 g/mol. The van der Waals surface area contributed by atoms with Gasteiger partial charge in [0.05, 0.1) is 23.2 Å². The van der Waals surface area contributed by atoms with Crippen LogP contribution in [0.3, 0.4) is 0 Å². The molecule has 1 aromatic heterocycles. The Hall–Kier alpha value is -2.97. The van der Waals surface area contributed by atoms with Crippen LogP contribution in [0, 0.1) is 11.8 Å². The Kier molecular flexibility index (Phi) is 6.43. The minimum atomic E-state index is -3.54. The van der Waals surface area contributed by atoms with Gasteiger partial charge < -0.3 is 5.32 Å². The van der Waals surface area contributed by atoms with Crippen molar-refractivity contribution in [3.05, 3.63) is 72.6 Å². The predicted octanol–water partition coefficient (Wildman–Crippen LogP) is 3.72. The molecule has 7 nitrogen and oxygen atoms in total. The van der Waals surface area contributed by atoms with Crippen LogP contribution >= 0.6 is 0 Å². The SMILES string of the molecule is CC1CC(C)CN(S(=O)(=O)c2ccc(NC(=O)Cc3cnn(-c4ccccc4)c3)cc2)C1. The van der Waals surface area contributed by atoms with E-state index in [2.05, 4.69) is 24.3 Å². The molecule has 4 rings (SSSR count). The summed E-state index contributed by atoms with van der Waals surface area (Å²) in [4.78, 5) is 12.7. The zero-order valence-electron chi connectivity index (χ0n) is 18.3. The summed E-state index contributed by atoms with van der Waals surface area (Å²) in [5.41, 5.74) is 2.28. The lowest BCUT2D eigenvalue weighted by atomic mass is 9.94. The van der Waals surface area contributed by atoms with Crippen molar-refractivity contribution >= 4 is 21.6 Å². The quantitative estimate of drug-likeness (QED) is 0.618. The first-order valence-electron chi connectivity index (χ1n) is 10.8. The van der Waals surface area contributed by atoms with Crippen molar-refractivity contribution in [2.45, 2.75) is 31.6 Å². The number of sulfonamides is 1. The summed E-state index contributed by atoms with van der Waals surface area (Å²) in [6.45, 7) is 5.25. The van der Waals surface area contributed by atoms with Gasteiger partial charge in [0.15, 0.2) is 0 Å². The number of nitrogens with zero attached hydrogens (tertiary/aromatic N) is 3. The Balaban J connectivity index is 1.38. The maximum atomic E-state index is 13.0. The maximum absolute atomic E-state index is 13.0. The summed E-state index contributed by atoms with van der Waals surface area (Å²) in [5, 5.41) is 7.13. The zero-order valence-corrected chi connectivity index (χ0v) is 19.1. The maximum Gasteiger partial charge on any atom is 0.243 e. The second-order valence-electron chi connectivity index (χ2n) is 8.65. The van der Waals surface area contributed by atoms with Crippen molar-refractivity contribution in [1.82, 2.24) is 14.1 Å². The molecule has 2 aromatic carbocycles. The first-order chi connectivity index (χ1) is 15.3. The smallest absolute Gasteiger partial charge is 0.243 e. The van der Waals surface area contributed by atoms with Crippen LogP contribution in [0.15, 0.2) is 71.9 Å². The molecule has 2 unspecified atom stereocenters. The number of piperidine rings is 1. The fourth-order valence-electron chi connectivity index (χ4n) is 4.23. The molecule has 8 heteroatoms. The third-order valence-electron chi connectivity index (χ3n) is 5.63. The molecule has 3 aromatic rings. The summed E-state index contributed by atoms with van der Waals surface area (Å²) in [6.07, 6.45) is 4.71. The molecule has 0 bridgehead atoms. The molecule has 1 amide bonds. The summed E-state index contributed by atoms with van der Waals surface area (Å²) in [5.74, 6) is 0.503. The Labute approximate surface area is 189 Å². The fourth-order valence-corrected chi connectivity index (χ4v) is 5.90. The van der Waals surface area contributed by atoms with Crippen LogP contribution in [0.5, 0.6) is 0 Å². The highest BCUT2D eigenvalue weighted by atomic mass is 32.2. The average molecular weight is 453 g/mol. The van der Waals surface area contributed by atoms with Crippen LogP contribution < -0.4 is 5.32 Å². The van der Waals surface area contributed by atoms with E-state index in [1.165, 1.54) is 0 Å². The molecular weight excluding hydrogens is 424 g/mol. The van der Waals surface area contributed by atoms with E-state index in [1.807, 2.05) is 36.5 Å². The normalized spacial score (nSPS) is 19.6. The van der Waals surface area contributed by atoms with E-state index < -0.39 is 10.0 Å². The number of rotatable bonds is 6. The summed E-state index contributed by atoms with van der Waals surface area (Å²) < 4.78 is 29.3. The fraction of sp³-hybridized carbons (Fsp3) is 0.333. The standard InChI is InChI=1S/C24H28N4O3S/c1-18-12-19(2)16-27(15-18)32(30,31)23-10-8-21(9-11-23)26-24(29)13-20-14-25-28(17-20)22-6-4-3-5-7-22/h3-11,14,17-19H,12-13,15-16H2,1-2H3,(H,26,29). The molecule has 168 valence electrons. The van der Waals surface area contributed by atoms with Crippen LogP contribution in [0.2, 0.25) is 0 Å². The van der Waals surface area contributed by atoms with E-state index >= 15 is 0 Å². The molecule has 1 aliphatic rings. The molecule has 2 heterocycles. The van der Waals surface area contributed by atoms with Gasteiger partial charge in [0.2, 0.25) is 15.9 Å². The van der Waals surface area contributed by atoms with Crippen molar-refractivity contribution < 1.29 is 13.2 Å². The molecular formula is C24H28N4O3S. The van der Waals surface area contributed by atoms with Gasteiger partial charge in [-0.05, 0) is 60.2 Å². The van der Waals surface area contributed by atoms with Crippen molar-refractivity contribution in [3.8, 4) is 5.69 Å². The number of amides is 1. The van der Waals surface area contributed by atoms with Gasteiger partial charge in [0.25, 0.3) is 0 Å². The van der Waals surface area contributed by atoms with E-state index in [0.29, 0.717) is 30.6 Å². The lowest BCUT2D eigenvalue weighted by Gasteiger charge is -2.34. The van der Waals surface area contributed by atoms with E-state index in [0.717, 1.165) is 17.7 Å². The third kappa shape index (κ3) is 5.08. The number of hydrogen-bond donors (Lipinski definition) is 1. The number of benzene rings is 2. The number of carbonyl (C=O) groups excluding carboxylic acids is 1. The molecule has 0 aliphatic carbocycles. The first-order valence-corrected chi connectivity index (χ1v) is 12.2. The number of anilines is 1. The number of carbonyl (C=O) groups is 1. The highest BCUT2D eigenvalue weighted by Crippen LogP contribution is 2.27. The van der Waals surface area contributed by atoms with Crippen LogP contribution in [0.25, 0.3) is 5.69 Å². The number of nitrogens with one attached hydrogen (secondary N) is 1. The van der Waals surface area contributed by atoms with Crippen LogP contribution in [-0.4, -0.2) is 41.5 Å². The first kappa shape index (κ1) is 22.2. The Bertz CT molecular complexity index is 1160. The highest BCUT2D eigenvalue weighted by molar-refractivity contribution is 7.89. The van der Waals surface area contributed by atoms with Gasteiger partial charge in [-0.25, -0.2) is 13.1 Å². The molecule has 0 saturated carbocycles. The number of aromatic nitrogens is 2. The summed E-state index contributed by atoms with van der Waals surface area (Å²) in [7, 11) is -3.54. The second-order valence-corrected chi connectivity index (χ2v) is 10.6. The summed E-state index contributed by atoms with van der Waals surface area (Å²) in [6, 6.07) is 16.1. The predicted molar refractivity (Wildman–Crippen MR) is 124 cm³/mol. The van der Waals surface area contributed by atoms with E-state index in [9.17, 15) is 13.2 Å². The van der Waals surface area contributed by atoms with Crippen LogP contribution in [-0.2, 0) is 21.2 Å². The lowest BCUT2D eigenvalue weighted by Crippen LogP contribution is -2.42. The minimum Gasteiger partial charge on any atom is -0.326 e. The van der Waals surface area contributed by atoms with Crippen molar-refractivity contribution in [1.29, 1.82) is 0 Å². The van der Waals surface area contributed by atoms with Crippen molar-refractivity contribution in [2.75, 3.05) is 18.4 Å². The second kappa shape index (κ2) is 9.26. The zero-order chi connectivity index (χ0) is 22.7. The van der Waals surface area contributed by atoms with Crippen LogP contribution in [0.4, 0.5) is 5.69 Å². The molecule has 32 heavy (non-hydrogen) atoms. The summed E-state index contributed by atoms with van der Waals surface area (Å²) >= 11 is 0. The van der Waals surface area contributed by atoms with Gasteiger partial charge in [0.1, 0.15) is 0 Å². The van der Waals surface area contributed by atoms with Crippen LogP contribution in [0.1, 0.15) is 25.8 Å². The van der Waals surface area contributed by atoms with Crippen molar-refractivity contribution in [3.63, 3.8) is 0 Å². The third-order valence-corrected chi connectivity index (χ3v) is 7.48. The lowest BCUT2D eigenvalue weighted by molar-refractivity contribution is -0.115. The van der Waals surface area contributed by atoms with Gasteiger partial charge in [0, 0.05) is 25.0 Å². The topological polar surface area (TPSA) is 84.3 Å². The Morgan fingerprint density at radius 3 is 2.34 bits per heavy atom. The van der Waals surface area contributed by atoms with E-state index in [1.54, 1.807) is 39.4 Å². The Morgan fingerprint density at radius 1 is 1.03 bits per heavy atom. The van der Waals surface area contributed by atoms with Gasteiger partial charge in [-0.1, -0.05) is 32.0 Å². The molecule has 0 radical (unpaired) electrons. The van der Waals surface area contributed by atoms with E-state index in [4.69, 9.17) is 0 Å². The molecule has 2 atom stereocenters. The molecule has 1 saturated heterocycles. The van der Waals surface area contributed by atoms with E-state index in [-0.39, 0.29) is 17.2 Å². The van der Waals surface area contributed by atoms with Gasteiger partial charge >= 0.3 is 0 Å². The number of hydrogen-bond acceptors (Lipinski definition) is 4. The minimum absolute atomic E-state index is 0.177. The average Bonchev–Trinajstić information content (AvgIpc) is 3.22. The van der Waals surface area contributed by atoms with Gasteiger partial charge in [-0.2, -0.15) is 9.40 Å². The van der Waals surface area contributed by atoms with Gasteiger partial charge in [-0.15, -0.1) is 0 Å². The highest BCUT2D eigenvalue weighted by Gasteiger charge is 2.31. The largest absolute Gasteiger partial charge is 0.326 e. The molecule has 1 aliphatic heterocycles. The number of para-hydroxylation sites is 1. The molecule has 1 N–H and O–H groups in total. The van der Waals surface area contributed by atoms with Crippen molar-refractivity contribution in [2.24, 2.45) is 11.8 Å².